The van der Waals surface area contributed by atoms with Crippen molar-refractivity contribution in [1.82, 2.24) is 4.98 Å². The normalized spacial score (nSPS) is 12.7. The molecule has 2 heteroatoms. The van der Waals surface area contributed by atoms with Crippen LogP contribution in [0, 0.1) is 0 Å². The molecule has 0 bridgehead atoms. The monoisotopic (exact) mass is 217 g/mol. The van der Waals surface area contributed by atoms with Crippen LogP contribution in [-0.2, 0) is 0 Å². The van der Waals surface area contributed by atoms with Gasteiger partial charge in [0.15, 0.2) is 0 Å². The Bertz CT molecular complexity index is 503. The average Bonchev–Trinajstić information content (AvgIpc) is 2.27. The van der Waals surface area contributed by atoms with Gasteiger partial charge in [0, 0.05) is 11.6 Å². The minimum absolute atomic E-state index is 0.00411. The molecule has 1 heterocycles. The minimum atomic E-state index is -0.00411. The number of hydrogen-bond donors (Lipinski definition) is 0. The first-order chi connectivity index (χ1) is 7.22. The molecular weight excluding hydrogens is 206 g/mol. The van der Waals surface area contributed by atoms with Crippen molar-refractivity contribution in [2.45, 2.75) is 12.3 Å². The van der Waals surface area contributed by atoms with E-state index in [1.165, 1.54) is 0 Å². The Labute approximate surface area is 94.4 Å². The van der Waals surface area contributed by atoms with E-state index in [0.717, 1.165) is 22.0 Å². The maximum atomic E-state index is 6.12. The van der Waals surface area contributed by atoms with Gasteiger partial charge in [-0.2, -0.15) is 0 Å². The molecule has 0 saturated heterocycles. The third-order valence-electron chi connectivity index (χ3n) is 2.44. The van der Waals surface area contributed by atoms with Gasteiger partial charge in [0.1, 0.15) is 0 Å². The van der Waals surface area contributed by atoms with E-state index >= 15 is 0 Å². The van der Waals surface area contributed by atoms with Crippen molar-refractivity contribution in [3.63, 3.8) is 0 Å². The molecule has 1 atom stereocenters. The zero-order chi connectivity index (χ0) is 10.8. The third kappa shape index (κ3) is 1.88. The van der Waals surface area contributed by atoms with E-state index in [-0.39, 0.29) is 5.38 Å². The van der Waals surface area contributed by atoms with Crippen LogP contribution in [0.5, 0.6) is 0 Å². The number of rotatable bonds is 2. The van der Waals surface area contributed by atoms with Crippen molar-refractivity contribution >= 4 is 28.6 Å². The topological polar surface area (TPSA) is 12.9 Å². The summed E-state index contributed by atoms with van der Waals surface area (Å²) in [5.74, 6) is 0. The molecule has 0 saturated carbocycles. The first-order valence-electron chi connectivity index (χ1n) is 4.87. The van der Waals surface area contributed by atoms with Gasteiger partial charge in [0.2, 0.25) is 0 Å². The van der Waals surface area contributed by atoms with Gasteiger partial charge in [0.05, 0.1) is 10.9 Å². The number of hydrogen-bond acceptors (Lipinski definition) is 1. The molecule has 0 spiro atoms. The molecule has 15 heavy (non-hydrogen) atoms. The molecule has 0 aliphatic rings. The predicted octanol–water partition coefficient (Wildman–Crippen LogP) is 4.18. The van der Waals surface area contributed by atoms with Crippen LogP contribution < -0.4 is 0 Å². The van der Waals surface area contributed by atoms with Gasteiger partial charge in [-0.3, -0.25) is 4.98 Å². The van der Waals surface area contributed by atoms with Crippen LogP contribution in [0.15, 0.2) is 37.0 Å². The summed E-state index contributed by atoms with van der Waals surface area (Å²) in [5, 5.41) is 1.10. The van der Waals surface area contributed by atoms with Crippen LogP contribution in [-0.4, -0.2) is 4.98 Å². The number of pyridine rings is 1. The van der Waals surface area contributed by atoms with Crippen molar-refractivity contribution in [3.8, 4) is 0 Å². The molecule has 0 amide bonds. The van der Waals surface area contributed by atoms with Crippen molar-refractivity contribution in [3.05, 3.63) is 48.2 Å². The Morgan fingerprint density at radius 3 is 2.93 bits per heavy atom. The van der Waals surface area contributed by atoms with Crippen molar-refractivity contribution in [2.75, 3.05) is 0 Å². The number of aromatic nitrogens is 1. The molecule has 2 rings (SSSR count). The lowest BCUT2D eigenvalue weighted by atomic mass is 10.0. The maximum Gasteiger partial charge on any atom is 0.0705 e. The Morgan fingerprint density at radius 1 is 1.47 bits per heavy atom. The highest BCUT2D eigenvalue weighted by Crippen LogP contribution is 2.27. The van der Waals surface area contributed by atoms with E-state index in [0.29, 0.717) is 0 Å². The molecule has 0 aliphatic carbocycles. The van der Waals surface area contributed by atoms with Gasteiger partial charge >= 0.3 is 0 Å². The van der Waals surface area contributed by atoms with Crippen molar-refractivity contribution < 1.29 is 0 Å². The predicted molar refractivity (Wildman–Crippen MR) is 66.1 cm³/mol. The molecular formula is C13H12ClN. The number of nitrogens with zero attached hydrogens (tertiary/aromatic N) is 1. The minimum Gasteiger partial charge on any atom is -0.256 e. The highest BCUT2D eigenvalue weighted by atomic mass is 35.5. The molecule has 1 aromatic heterocycles. The molecule has 1 unspecified atom stereocenters. The second-order valence-electron chi connectivity index (χ2n) is 3.50. The smallest absolute Gasteiger partial charge is 0.0705 e. The fourth-order valence-electron chi connectivity index (χ4n) is 1.65. The van der Waals surface area contributed by atoms with Gasteiger partial charge in [-0.05, 0) is 30.2 Å². The Kier molecular flexibility index (Phi) is 2.74. The standard InChI is InChI=1S/C13H12ClN/c1-3-10-7-12-11(9(2)14)5-4-6-13(12)15-8-10/h3-9H,1H2,2H3. The number of alkyl halides is 1. The lowest BCUT2D eigenvalue weighted by Gasteiger charge is -2.08. The highest BCUT2D eigenvalue weighted by Gasteiger charge is 2.06. The molecule has 2 aromatic rings. The van der Waals surface area contributed by atoms with E-state index in [1.54, 1.807) is 6.08 Å². The zero-order valence-corrected chi connectivity index (χ0v) is 9.33. The van der Waals surface area contributed by atoms with Gasteiger partial charge in [-0.15, -0.1) is 11.6 Å². The van der Waals surface area contributed by atoms with Gasteiger partial charge in [-0.25, -0.2) is 0 Å². The Balaban J connectivity index is 2.75. The summed E-state index contributed by atoms with van der Waals surface area (Å²) in [6, 6.07) is 8.08. The summed E-state index contributed by atoms with van der Waals surface area (Å²) in [6.45, 7) is 5.71. The first-order valence-corrected chi connectivity index (χ1v) is 5.31. The highest BCUT2D eigenvalue weighted by molar-refractivity contribution is 6.21. The molecule has 76 valence electrons. The number of benzene rings is 1. The van der Waals surface area contributed by atoms with Crippen molar-refractivity contribution in [1.29, 1.82) is 0 Å². The molecule has 0 radical (unpaired) electrons. The van der Waals surface area contributed by atoms with Crippen LogP contribution in [0.3, 0.4) is 0 Å². The summed E-state index contributed by atoms with van der Waals surface area (Å²) in [7, 11) is 0. The van der Waals surface area contributed by atoms with Gasteiger partial charge < -0.3 is 0 Å². The summed E-state index contributed by atoms with van der Waals surface area (Å²) >= 11 is 6.12. The summed E-state index contributed by atoms with van der Waals surface area (Å²) < 4.78 is 0. The Morgan fingerprint density at radius 2 is 2.27 bits per heavy atom. The lowest BCUT2D eigenvalue weighted by Crippen LogP contribution is -1.89. The molecule has 0 fully saturated rings. The number of fused-ring (bicyclic) bond motifs is 1. The fraction of sp³-hybridized carbons (Fsp3) is 0.154. The molecule has 1 nitrogen and oxygen atoms in total. The SMILES string of the molecule is C=Cc1cnc2cccc(C(C)Cl)c2c1. The lowest BCUT2D eigenvalue weighted by molar-refractivity contribution is 1.10. The van der Waals surface area contributed by atoms with Crippen LogP contribution in [0.1, 0.15) is 23.4 Å². The van der Waals surface area contributed by atoms with E-state index in [1.807, 2.05) is 31.3 Å². The Hall–Kier alpha value is -1.34. The second kappa shape index (κ2) is 4.03. The van der Waals surface area contributed by atoms with E-state index < -0.39 is 0 Å². The van der Waals surface area contributed by atoms with Crippen molar-refractivity contribution in [2.24, 2.45) is 0 Å². The molecule has 1 aromatic carbocycles. The van der Waals surface area contributed by atoms with E-state index in [9.17, 15) is 0 Å². The summed E-state index contributed by atoms with van der Waals surface area (Å²) in [4.78, 5) is 4.37. The van der Waals surface area contributed by atoms with Gasteiger partial charge in [0.25, 0.3) is 0 Å². The van der Waals surface area contributed by atoms with Gasteiger partial charge in [-0.1, -0.05) is 24.8 Å². The quantitative estimate of drug-likeness (QED) is 0.688. The maximum absolute atomic E-state index is 6.12. The largest absolute Gasteiger partial charge is 0.256 e. The molecule has 0 N–H and O–H groups in total. The van der Waals surface area contributed by atoms with E-state index in [4.69, 9.17) is 11.6 Å². The fourth-order valence-corrected chi connectivity index (χ4v) is 1.84. The molecule has 0 aliphatic heterocycles. The summed E-state index contributed by atoms with van der Waals surface area (Å²) in [6.07, 6.45) is 3.61. The summed E-state index contributed by atoms with van der Waals surface area (Å²) in [5.41, 5.74) is 3.11. The third-order valence-corrected chi connectivity index (χ3v) is 2.68. The first kappa shape index (κ1) is 10.2. The zero-order valence-electron chi connectivity index (χ0n) is 8.57. The van der Waals surface area contributed by atoms with Crippen LogP contribution in [0.25, 0.3) is 17.0 Å². The van der Waals surface area contributed by atoms with Crippen LogP contribution in [0.2, 0.25) is 0 Å². The van der Waals surface area contributed by atoms with E-state index in [2.05, 4.69) is 17.6 Å². The van der Waals surface area contributed by atoms with Crippen LogP contribution in [0.4, 0.5) is 0 Å². The second-order valence-corrected chi connectivity index (χ2v) is 4.16. The van der Waals surface area contributed by atoms with Crippen LogP contribution >= 0.6 is 11.6 Å². The average molecular weight is 218 g/mol. The number of halogens is 1.